The fourth-order valence-corrected chi connectivity index (χ4v) is 3.66. The van der Waals surface area contributed by atoms with Gasteiger partial charge in [0.1, 0.15) is 11.5 Å². The normalized spacial score (nSPS) is 10.9. The molecule has 0 fully saturated rings. The van der Waals surface area contributed by atoms with Crippen LogP contribution < -0.4 is 0 Å². The minimum Gasteiger partial charge on any atom is -0.272 e. The molecule has 0 saturated heterocycles. The lowest BCUT2D eigenvalue weighted by Crippen LogP contribution is -1.98. The van der Waals surface area contributed by atoms with Crippen LogP contribution in [-0.4, -0.2) is 29.7 Å². The van der Waals surface area contributed by atoms with E-state index in [0.717, 1.165) is 46.0 Å². The molecule has 0 aliphatic heterocycles. The van der Waals surface area contributed by atoms with E-state index in [1.807, 2.05) is 66.0 Å². The zero-order chi connectivity index (χ0) is 21.8. The van der Waals surface area contributed by atoms with Gasteiger partial charge in [-0.3, -0.25) is 14.6 Å². The molecule has 5 aromatic rings. The molecule has 0 unspecified atom stereocenters. The van der Waals surface area contributed by atoms with E-state index in [9.17, 15) is 0 Å². The first-order valence-corrected chi connectivity index (χ1v) is 10.6. The van der Waals surface area contributed by atoms with Gasteiger partial charge >= 0.3 is 0 Å². The summed E-state index contributed by atoms with van der Waals surface area (Å²) in [6.07, 6.45) is 11.7. The van der Waals surface area contributed by atoms with Gasteiger partial charge in [0.25, 0.3) is 0 Å². The van der Waals surface area contributed by atoms with E-state index in [-0.39, 0.29) is 0 Å². The molecular weight excluding hydrogens is 396 g/mol. The molecule has 0 saturated carbocycles. The topological polar surface area (TPSA) is 69.4 Å². The van der Waals surface area contributed by atoms with Gasteiger partial charge in [-0.1, -0.05) is 24.3 Å². The Balaban J connectivity index is 1.43. The van der Waals surface area contributed by atoms with Crippen molar-refractivity contribution in [2.24, 2.45) is 0 Å². The summed E-state index contributed by atoms with van der Waals surface area (Å²) in [6, 6.07) is 18.4. The first-order valence-electron chi connectivity index (χ1n) is 10.6. The van der Waals surface area contributed by atoms with Crippen LogP contribution in [0.3, 0.4) is 0 Å². The molecular formula is C26H22N6. The van der Waals surface area contributed by atoms with Gasteiger partial charge in [-0.25, -0.2) is 9.97 Å². The van der Waals surface area contributed by atoms with E-state index in [4.69, 9.17) is 10.1 Å². The van der Waals surface area contributed by atoms with Crippen LogP contribution in [0.15, 0.2) is 91.8 Å². The molecule has 1 aromatic carbocycles. The Morgan fingerprint density at radius 1 is 0.781 bits per heavy atom. The molecule has 4 aromatic heterocycles. The summed E-state index contributed by atoms with van der Waals surface area (Å²) < 4.78 is 1.93. The van der Waals surface area contributed by atoms with Crippen molar-refractivity contribution >= 4 is 0 Å². The molecule has 32 heavy (non-hydrogen) atoms. The third-order valence-electron chi connectivity index (χ3n) is 5.33. The van der Waals surface area contributed by atoms with Crippen molar-refractivity contribution in [2.75, 3.05) is 0 Å². The summed E-state index contributed by atoms with van der Waals surface area (Å²) in [5, 5.41) is 4.74. The molecule has 0 spiro atoms. The summed E-state index contributed by atoms with van der Waals surface area (Å²) >= 11 is 0. The molecule has 5 rings (SSSR count). The van der Waals surface area contributed by atoms with Crippen LogP contribution in [0.5, 0.6) is 0 Å². The van der Waals surface area contributed by atoms with E-state index in [0.29, 0.717) is 6.42 Å². The van der Waals surface area contributed by atoms with E-state index in [1.54, 1.807) is 6.20 Å². The van der Waals surface area contributed by atoms with E-state index in [2.05, 4.69) is 46.1 Å². The van der Waals surface area contributed by atoms with Gasteiger partial charge in [0.2, 0.25) is 0 Å². The Hall–Kier alpha value is -4.19. The van der Waals surface area contributed by atoms with Crippen molar-refractivity contribution < 1.29 is 0 Å². The molecule has 4 heterocycles. The predicted molar refractivity (Wildman–Crippen MR) is 125 cm³/mol. The highest BCUT2D eigenvalue weighted by molar-refractivity contribution is 5.78. The maximum absolute atomic E-state index is 4.86. The maximum atomic E-state index is 4.86. The van der Waals surface area contributed by atoms with Crippen LogP contribution in [0.2, 0.25) is 0 Å². The Kier molecular flexibility index (Phi) is 5.49. The second-order valence-electron chi connectivity index (χ2n) is 7.46. The minimum atomic E-state index is 0.661. The smallest absolute Gasteiger partial charge is 0.133 e. The monoisotopic (exact) mass is 418 g/mol. The van der Waals surface area contributed by atoms with E-state index >= 15 is 0 Å². The molecule has 0 amide bonds. The van der Waals surface area contributed by atoms with Gasteiger partial charge in [-0.05, 0) is 53.9 Å². The lowest BCUT2D eigenvalue weighted by atomic mass is 10.0. The molecule has 0 aliphatic carbocycles. The quantitative estimate of drug-likeness (QED) is 0.385. The minimum absolute atomic E-state index is 0.661. The standard InChI is InChI=1S/C26H22N6/c1-2-32-18-23(26(31-32)22-4-3-12-28-17-22)24-11-15-29-25(30-24)16-19-5-7-20(8-6-19)21-9-13-27-14-10-21/h3-15,17-18H,2,16H2,1H3. The molecule has 6 nitrogen and oxygen atoms in total. The number of aromatic nitrogens is 6. The van der Waals surface area contributed by atoms with Crippen LogP contribution in [0.1, 0.15) is 18.3 Å². The van der Waals surface area contributed by atoms with E-state index in [1.165, 1.54) is 5.56 Å². The molecule has 6 heteroatoms. The van der Waals surface area contributed by atoms with Gasteiger partial charge in [-0.2, -0.15) is 5.10 Å². The van der Waals surface area contributed by atoms with Crippen molar-refractivity contribution in [3.8, 4) is 33.6 Å². The van der Waals surface area contributed by atoms with Gasteiger partial charge in [0.15, 0.2) is 0 Å². The summed E-state index contributed by atoms with van der Waals surface area (Å²) in [5.74, 6) is 0.778. The maximum Gasteiger partial charge on any atom is 0.133 e. The van der Waals surface area contributed by atoms with Gasteiger partial charge in [-0.15, -0.1) is 0 Å². The van der Waals surface area contributed by atoms with Gasteiger partial charge in [0, 0.05) is 61.3 Å². The summed E-state index contributed by atoms with van der Waals surface area (Å²) in [5.41, 5.74) is 7.18. The third kappa shape index (κ3) is 4.16. The van der Waals surface area contributed by atoms with Crippen molar-refractivity contribution in [3.63, 3.8) is 0 Å². The number of hydrogen-bond donors (Lipinski definition) is 0. The fraction of sp³-hybridized carbons (Fsp3) is 0.115. The fourth-order valence-electron chi connectivity index (χ4n) is 3.66. The van der Waals surface area contributed by atoms with Crippen LogP contribution in [0, 0.1) is 0 Å². The molecule has 156 valence electrons. The van der Waals surface area contributed by atoms with Crippen LogP contribution in [0.4, 0.5) is 0 Å². The van der Waals surface area contributed by atoms with Crippen molar-refractivity contribution in [1.29, 1.82) is 0 Å². The molecule has 0 N–H and O–H groups in total. The Morgan fingerprint density at radius 3 is 2.34 bits per heavy atom. The highest BCUT2D eigenvalue weighted by Crippen LogP contribution is 2.29. The summed E-state index contributed by atoms with van der Waals surface area (Å²) in [4.78, 5) is 17.7. The Morgan fingerprint density at radius 2 is 1.59 bits per heavy atom. The number of rotatable bonds is 6. The van der Waals surface area contributed by atoms with Crippen molar-refractivity contribution in [1.82, 2.24) is 29.7 Å². The number of aryl methyl sites for hydroxylation is 1. The lowest BCUT2D eigenvalue weighted by Gasteiger charge is -2.06. The predicted octanol–water partition coefficient (Wildman–Crippen LogP) is 5.07. The van der Waals surface area contributed by atoms with Crippen LogP contribution in [-0.2, 0) is 13.0 Å². The number of nitrogens with zero attached hydrogens (tertiary/aromatic N) is 6. The number of hydrogen-bond acceptors (Lipinski definition) is 5. The number of benzene rings is 1. The van der Waals surface area contributed by atoms with E-state index < -0.39 is 0 Å². The molecule has 0 atom stereocenters. The number of pyridine rings is 2. The third-order valence-corrected chi connectivity index (χ3v) is 5.33. The summed E-state index contributed by atoms with van der Waals surface area (Å²) in [6.45, 7) is 2.86. The second kappa shape index (κ2) is 8.89. The van der Waals surface area contributed by atoms with Crippen molar-refractivity contribution in [3.05, 3.63) is 103 Å². The summed E-state index contributed by atoms with van der Waals surface area (Å²) in [7, 11) is 0. The highest BCUT2D eigenvalue weighted by Gasteiger charge is 2.15. The highest BCUT2D eigenvalue weighted by atomic mass is 15.3. The first kappa shape index (κ1) is 19.8. The molecule has 0 aliphatic rings. The Labute approximate surface area is 186 Å². The SMILES string of the molecule is CCn1cc(-c2ccnc(Cc3ccc(-c4ccncc4)cc3)n2)c(-c2cccnc2)n1. The van der Waals surface area contributed by atoms with Crippen LogP contribution >= 0.6 is 0 Å². The Bertz CT molecular complexity index is 1310. The van der Waals surface area contributed by atoms with Crippen molar-refractivity contribution in [2.45, 2.75) is 19.9 Å². The molecule has 0 radical (unpaired) electrons. The van der Waals surface area contributed by atoms with Gasteiger partial charge in [0.05, 0.1) is 5.69 Å². The zero-order valence-corrected chi connectivity index (χ0v) is 17.8. The average molecular weight is 419 g/mol. The average Bonchev–Trinajstić information content (AvgIpc) is 3.31. The lowest BCUT2D eigenvalue weighted by molar-refractivity contribution is 0.662. The zero-order valence-electron chi connectivity index (χ0n) is 17.8. The second-order valence-corrected chi connectivity index (χ2v) is 7.46. The first-order chi connectivity index (χ1) is 15.8. The largest absolute Gasteiger partial charge is 0.272 e. The van der Waals surface area contributed by atoms with Crippen LogP contribution in [0.25, 0.3) is 33.6 Å². The molecule has 0 bridgehead atoms. The van der Waals surface area contributed by atoms with Gasteiger partial charge < -0.3 is 0 Å².